The van der Waals surface area contributed by atoms with Crippen LogP contribution in [0.1, 0.15) is 25.7 Å². The number of hydrogen-bond donors (Lipinski definition) is 0. The first-order chi connectivity index (χ1) is 3.50. The number of halogens is 1. The van der Waals surface area contributed by atoms with Crippen LogP contribution in [0.2, 0.25) is 0 Å². The Hall–Kier alpha value is -0.0400. The zero-order chi connectivity index (χ0) is 4.95. The second-order valence-electron chi connectivity index (χ2n) is 1.94. The van der Waals surface area contributed by atoms with Gasteiger partial charge in [-0.25, -0.2) is 0 Å². The lowest BCUT2D eigenvalue weighted by molar-refractivity contribution is 0.732. The van der Waals surface area contributed by atoms with Gasteiger partial charge in [-0.15, -0.1) is 12.4 Å². The summed E-state index contributed by atoms with van der Waals surface area (Å²) in [5.74, 6) is 0. The van der Waals surface area contributed by atoms with Crippen LogP contribution in [-0.4, -0.2) is 12.8 Å². The fourth-order valence-electron chi connectivity index (χ4n) is 0.798. The van der Waals surface area contributed by atoms with E-state index in [0.717, 1.165) is 6.54 Å². The van der Waals surface area contributed by atoms with Gasteiger partial charge in [-0.05, 0) is 25.5 Å². The van der Waals surface area contributed by atoms with Crippen LogP contribution >= 0.6 is 12.4 Å². The summed E-state index contributed by atoms with van der Waals surface area (Å²) in [5, 5.41) is 0. The third-order valence-electron chi connectivity index (χ3n) is 1.25. The standard InChI is InChI=1S/C6H11N.ClH/c1-2-4-6-7-5-3-1;/h5H,1-4,6H2;1H. The summed E-state index contributed by atoms with van der Waals surface area (Å²) in [4.78, 5) is 4.15. The van der Waals surface area contributed by atoms with Gasteiger partial charge in [0.05, 0.1) is 0 Å². The lowest BCUT2D eigenvalue weighted by Gasteiger charge is -1.85. The number of rotatable bonds is 0. The molecule has 1 nitrogen and oxygen atoms in total. The lowest BCUT2D eigenvalue weighted by Crippen LogP contribution is -1.73. The molecule has 0 N–H and O–H groups in total. The lowest BCUT2D eigenvalue weighted by atomic mass is 10.2. The second kappa shape index (κ2) is 5.10. The minimum absolute atomic E-state index is 0. The minimum Gasteiger partial charge on any atom is -0.298 e. The van der Waals surface area contributed by atoms with Crippen LogP contribution in [0.15, 0.2) is 4.99 Å². The van der Waals surface area contributed by atoms with Crippen molar-refractivity contribution in [2.75, 3.05) is 6.54 Å². The van der Waals surface area contributed by atoms with E-state index in [9.17, 15) is 0 Å². The smallest absolute Gasteiger partial charge is 0.0385 e. The molecule has 0 amide bonds. The largest absolute Gasteiger partial charge is 0.298 e. The van der Waals surface area contributed by atoms with Crippen LogP contribution in [0.3, 0.4) is 0 Å². The third kappa shape index (κ3) is 3.03. The van der Waals surface area contributed by atoms with Crippen LogP contribution in [0.5, 0.6) is 0 Å². The van der Waals surface area contributed by atoms with Gasteiger partial charge >= 0.3 is 0 Å². The number of hydrogen-bond acceptors (Lipinski definition) is 1. The van der Waals surface area contributed by atoms with Gasteiger partial charge in [-0.3, -0.25) is 4.99 Å². The Morgan fingerprint density at radius 2 is 2.00 bits per heavy atom. The van der Waals surface area contributed by atoms with Crippen molar-refractivity contribution in [3.05, 3.63) is 0 Å². The Kier molecular flexibility index (Phi) is 5.08. The van der Waals surface area contributed by atoms with Crippen LogP contribution in [-0.2, 0) is 0 Å². The molecule has 0 bridgehead atoms. The Bertz CT molecular complexity index is 62.9. The van der Waals surface area contributed by atoms with Crippen molar-refractivity contribution in [1.29, 1.82) is 0 Å². The Balaban J connectivity index is 0.000000490. The Morgan fingerprint density at radius 1 is 1.12 bits per heavy atom. The highest BCUT2D eigenvalue weighted by Crippen LogP contribution is 2.01. The molecule has 0 fully saturated rings. The fraction of sp³-hybridized carbons (Fsp3) is 0.833. The van der Waals surface area contributed by atoms with Crippen LogP contribution < -0.4 is 0 Å². The maximum absolute atomic E-state index is 4.15. The van der Waals surface area contributed by atoms with Crippen LogP contribution in [0.4, 0.5) is 0 Å². The monoisotopic (exact) mass is 133 g/mol. The molecule has 2 heteroatoms. The summed E-state index contributed by atoms with van der Waals surface area (Å²) in [6.45, 7) is 1.07. The molecule has 0 spiro atoms. The first-order valence-electron chi connectivity index (χ1n) is 2.98. The topological polar surface area (TPSA) is 12.4 Å². The molecule has 0 unspecified atom stereocenters. The predicted octanol–water partition coefficient (Wildman–Crippen LogP) is 2.05. The minimum atomic E-state index is 0. The molecule has 0 aromatic carbocycles. The summed E-state index contributed by atoms with van der Waals surface area (Å²) in [7, 11) is 0. The van der Waals surface area contributed by atoms with E-state index in [2.05, 4.69) is 4.99 Å². The van der Waals surface area contributed by atoms with E-state index in [0.29, 0.717) is 0 Å². The highest BCUT2D eigenvalue weighted by molar-refractivity contribution is 5.85. The third-order valence-corrected chi connectivity index (χ3v) is 1.25. The van der Waals surface area contributed by atoms with Crippen molar-refractivity contribution in [3.8, 4) is 0 Å². The van der Waals surface area contributed by atoms with Gasteiger partial charge in [0, 0.05) is 6.54 Å². The predicted molar refractivity (Wildman–Crippen MR) is 39.1 cm³/mol. The van der Waals surface area contributed by atoms with Crippen molar-refractivity contribution in [2.45, 2.75) is 25.7 Å². The summed E-state index contributed by atoms with van der Waals surface area (Å²) in [5.41, 5.74) is 0. The van der Waals surface area contributed by atoms with Crippen LogP contribution in [0, 0.1) is 0 Å². The second-order valence-corrected chi connectivity index (χ2v) is 1.94. The van der Waals surface area contributed by atoms with Crippen molar-refractivity contribution < 1.29 is 0 Å². The van der Waals surface area contributed by atoms with E-state index >= 15 is 0 Å². The summed E-state index contributed by atoms with van der Waals surface area (Å²) >= 11 is 0. The quantitative estimate of drug-likeness (QED) is 0.480. The van der Waals surface area contributed by atoms with E-state index < -0.39 is 0 Å². The van der Waals surface area contributed by atoms with Gasteiger partial charge in [-0.1, -0.05) is 6.42 Å². The van der Waals surface area contributed by atoms with Gasteiger partial charge in [0.25, 0.3) is 0 Å². The molecule has 0 aliphatic carbocycles. The molecule has 1 rings (SSSR count). The summed E-state index contributed by atoms with van der Waals surface area (Å²) in [6.07, 6.45) is 7.28. The van der Waals surface area contributed by atoms with E-state index in [4.69, 9.17) is 0 Å². The number of aliphatic imine (C=N–C) groups is 1. The SMILES string of the molecule is C1=NCCCCC1.Cl. The zero-order valence-corrected chi connectivity index (χ0v) is 5.78. The van der Waals surface area contributed by atoms with Crippen molar-refractivity contribution in [2.24, 2.45) is 4.99 Å². The molecular formula is C6H12ClN. The van der Waals surface area contributed by atoms with E-state index in [1.165, 1.54) is 25.7 Å². The van der Waals surface area contributed by atoms with Crippen molar-refractivity contribution >= 4 is 18.6 Å². The molecular weight excluding hydrogens is 122 g/mol. The van der Waals surface area contributed by atoms with Crippen LogP contribution in [0.25, 0.3) is 0 Å². The molecule has 0 saturated carbocycles. The molecule has 8 heavy (non-hydrogen) atoms. The first kappa shape index (κ1) is 7.96. The highest BCUT2D eigenvalue weighted by atomic mass is 35.5. The normalized spacial score (nSPS) is 19.0. The highest BCUT2D eigenvalue weighted by Gasteiger charge is 1.89. The molecule has 48 valence electrons. The maximum atomic E-state index is 4.15. The molecule has 1 aliphatic rings. The van der Waals surface area contributed by atoms with E-state index in [1.54, 1.807) is 0 Å². The van der Waals surface area contributed by atoms with Gasteiger partial charge in [0.2, 0.25) is 0 Å². The summed E-state index contributed by atoms with van der Waals surface area (Å²) in [6, 6.07) is 0. The van der Waals surface area contributed by atoms with E-state index in [-0.39, 0.29) is 12.4 Å². The fourth-order valence-corrected chi connectivity index (χ4v) is 0.798. The van der Waals surface area contributed by atoms with E-state index in [1.807, 2.05) is 6.21 Å². The number of nitrogens with zero attached hydrogens (tertiary/aromatic N) is 1. The average Bonchev–Trinajstić information content (AvgIpc) is 1.90. The zero-order valence-electron chi connectivity index (χ0n) is 4.97. The van der Waals surface area contributed by atoms with Crippen molar-refractivity contribution in [1.82, 2.24) is 0 Å². The van der Waals surface area contributed by atoms with Gasteiger partial charge in [0.1, 0.15) is 0 Å². The molecule has 0 radical (unpaired) electrons. The first-order valence-corrected chi connectivity index (χ1v) is 2.98. The molecule has 0 aromatic heterocycles. The van der Waals surface area contributed by atoms with Gasteiger partial charge in [0.15, 0.2) is 0 Å². The Morgan fingerprint density at radius 3 is 2.88 bits per heavy atom. The molecule has 0 atom stereocenters. The molecule has 1 aliphatic heterocycles. The van der Waals surface area contributed by atoms with Crippen molar-refractivity contribution in [3.63, 3.8) is 0 Å². The maximum Gasteiger partial charge on any atom is 0.0385 e. The summed E-state index contributed by atoms with van der Waals surface area (Å²) < 4.78 is 0. The van der Waals surface area contributed by atoms with Gasteiger partial charge < -0.3 is 0 Å². The molecule has 0 aromatic rings. The average molecular weight is 134 g/mol. The van der Waals surface area contributed by atoms with Gasteiger partial charge in [-0.2, -0.15) is 0 Å². The molecule has 0 saturated heterocycles. The molecule has 1 heterocycles. The Labute approximate surface area is 56.6 Å².